The van der Waals surface area contributed by atoms with Crippen LogP contribution in [0, 0.1) is 6.92 Å². The van der Waals surface area contributed by atoms with Crippen LogP contribution in [0.1, 0.15) is 30.0 Å². The summed E-state index contributed by atoms with van der Waals surface area (Å²) in [6, 6.07) is 4.22. The summed E-state index contributed by atoms with van der Waals surface area (Å²) in [5.41, 5.74) is 2.30. The van der Waals surface area contributed by atoms with Crippen molar-refractivity contribution in [3.63, 3.8) is 0 Å². The summed E-state index contributed by atoms with van der Waals surface area (Å²) in [6.45, 7) is 3.69. The van der Waals surface area contributed by atoms with Gasteiger partial charge in [-0.3, -0.25) is 19.3 Å². The monoisotopic (exact) mass is 354 g/mol. The molecule has 0 bridgehead atoms. The molecule has 3 aromatic heterocycles. The van der Waals surface area contributed by atoms with Gasteiger partial charge in [0.25, 0.3) is 5.56 Å². The number of anilines is 1. The minimum absolute atomic E-state index is 0.398. The lowest BCUT2D eigenvalue weighted by Crippen LogP contribution is -2.34. The normalized spacial score (nSPS) is 15.7. The molecule has 0 spiro atoms. The molecule has 26 heavy (non-hydrogen) atoms. The summed E-state index contributed by atoms with van der Waals surface area (Å²) in [5.74, 6) is 1.22. The predicted molar refractivity (Wildman–Crippen MR) is 99.7 cm³/mol. The maximum Gasteiger partial charge on any atom is 0.329 e. The van der Waals surface area contributed by atoms with Gasteiger partial charge in [-0.25, -0.2) is 4.79 Å². The Labute approximate surface area is 150 Å². The zero-order valence-electron chi connectivity index (χ0n) is 15.2. The number of fused-ring (bicyclic) bond motifs is 1. The van der Waals surface area contributed by atoms with Crippen molar-refractivity contribution in [3.8, 4) is 0 Å². The van der Waals surface area contributed by atoms with Crippen molar-refractivity contribution in [2.75, 3.05) is 18.0 Å². The van der Waals surface area contributed by atoms with E-state index < -0.39 is 11.2 Å². The number of imidazole rings is 1. The van der Waals surface area contributed by atoms with Crippen LogP contribution in [0.15, 0.2) is 27.9 Å². The van der Waals surface area contributed by atoms with Crippen molar-refractivity contribution in [1.82, 2.24) is 24.1 Å². The molecule has 136 valence electrons. The highest BCUT2D eigenvalue weighted by molar-refractivity contribution is 5.74. The van der Waals surface area contributed by atoms with Crippen molar-refractivity contribution in [1.29, 1.82) is 0 Å². The molecule has 3 aromatic rings. The van der Waals surface area contributed by atoms with Crippen molar-refractivity contribution >= 4 is 17.1 Å². The van der Waals surface area contributed by atoms with Crippen LogP contribution in [0.4, 0.5) is 5.95 Å². The van der Waals surface area contributed by atoms with Gasteiger partial charge in [0, 0.05) is 39.1 Å². The molecular formula is C18H22N6O2. The van der Waals surface area contributed by atoms with E-state index >= 15 is 0 Å². The lowest BCUT2D eigenvalue weighted by Gasteiger charge is -2.32. The second-order valence-corrected chi connectivity index (χ2v) is 6.96. The van der Waals surface area contributed by atoms with Gasteiger partial charge in [0.1, 0.15) is 0 Å². The van der Waals surface area contributed by atoms with Crippen LogP contribution in [0.25, 0.3) is 11.2 Å². The van der Waals surface area contributed by atoms with Gasteiger partial charge in [0.15, 0.2) is 11.2 Å². The van der Waals surface area contributed by atoms with Crippen LogP contribution >= 0.6 is 0 Å². The Bertz CT molecular complexity index is 1070. The summed E-state index contributed by atoms with van der Waals surface area (Å²) in [7, 11) is 3.44. The Balaban J connectivity index is 1.62. The van der Waals surface area contributed by atoms with Gasteiger partial charge in [-0.1, -0.05) is 6.07 Å². The molecule has 4 heterocycles. The second kappa shape index (κ2) is 6.12. The largest absolute Gasteiger partial charge is 0.342 e. The Morgan fingerprint density at radius 2 is 1.85 bits per heavy atom. The van der Waals surface area contributed by atoms with Gasteiger partial charge in [-0.2, -0.15) is 4.98 Å². The van der Waals surface area contributed by atoms with Gasteiger partial charge in [-0.05, 0) is 37.3 Å². The van der Waals surface area contributed by atoms with Crippen molar-refractivity contribution < 1.29 is 0 Å². The van der Waals surface area contributed by atoms with Crippen molar-refractivity contribution in [2.24, 2.45) is 14.1 Å². The molecule has 0 aliphatic carbocycles. The molecule has 1 aliphatic heterocycles. The Morgan fingerprint density at radius 3 is 2.50 bits per heavy atom. The van der Waals surface area contributed by atoms with E-state index in [1.165, 1.54) is 10.1 Å². The molecule has 8 nitrogen and oxygen atoms in total. The van der Waals surface area contributed by atoms with Gasteiger partial charge in [-0.15, -0.1) is 0 Å². The maximum atomic E-state index is 12.2. The predicted octanol–water partition coefficient (Wildman–Crippen LogP) is 1.05. The van der Waals surface area contributed by atoms with E-state index in [4.69, 9.17) is 0 Å². The molecule has 1 saturated heterocycles. The molecule has 1 N–H and O–H groups in total. The molecule has 0 amide bonds. The number of hydrogen-bond acceptors (Lipinski definition) is 5. The maximum absolute atomic E-state index is 12.2. The molecule has 1 fully saturated rings. The van der Waals surface area contributed by atoms with Gasteiger partial charge in [0.05, 0.1) is 0 Å². The molecule has 0 aromatic carbocycles. The van der Waals surface area contributed by atoms with Crippen LogP contribution in [0.2, 0.25) is 0 Å². The van der Waals surface area contributed by atoms with Crippen molar-refractivity contribution in [2.45, 2.75) is 25.7 Å². The molecule has 1 aliphatic rings. The fraction of sp³-hybridized carbons (Fsp3) is 0.444. The van der Waals surface area contributed by atoms with E-state index in [1.54, 1.807) is 11.6 Å². The zero-order valence-corrected chi connectivity index (χ0v) is 15.2. The van der Waals surface area contributed by atoms with E-state index in [0.29, 0.717) is 17.1 Å². The Hall–Kier alpha value is -2.90. The number of H-pyrrole nitrogens is 1. The number of rotatable bonds is 2. The van der Waals surface area contributed by atoms with Crippen molar-refractivity contribution in [3.05, 3.63) is 50.4 Å². The quantitative estimate of drug-likeness (QED) is 0.743. The van der Waals surface area contributed by atoms with Crippen LogP contribution in [-0.2, 0) is 14.1 Å². The fourth-order valence-electron chi connectivity index (χ4n) is 3.71. The van der Waals surface area contributed by atoms with E-state index in [9.17, 15) is 9.59 Å². The summed E-state index contributed by atoms with van der Waals surface area (Å²) in [5, 5.41) is 0. The number of nitrogens with one attached hydrogen (secondary N) is 1. The van der Waals surface area contributed by atoms with Gasteiger partial charge < -0.3 is 9.47 Å². The fourth-order valence-corrected chi connectivity index (χ4v) is 3.71. The molecule has 0 saturated carbocycles. The topological polar surface area (TPSA) is 88.8 Å². The molecule has 0 unspecified atom stereocenters. The number of piperidine rings is 1. The number of nitrogens with zero attached hydrogens (tertiary/aromatic N) is 5. The lowest BCUT2D eigenvalue weighted by atomic mass is 9.90. The first kappa shape index (κ1) is 16.6. The molecule has 0 atom stereocenters. The minimum atomic E-state index is -0.447. The number of aryl methyl sites for hydroxylation is 3. The number of aromatic nitrogens is 5. The standard InChI is InChI=1S/C18H22N6O2/c1-11-4-5-13(10-19-11)12-6-8-24(9-7-12)17-20-15-14(22(17)2)16(25)21-18(26)23(15)3/h4-5,10,12H,6-9H2,1-3H3,(H,21,25,26). The van der Waals surface area contributed by atoms with Crippen LogP contribution in [-0.4, -0.2) is 37.2 Å². The summed E-state index contributed by atoms with van der Waals surface area (Å²) in [4.78, 5) is 37.5. The van der Waals surface area contributed by atoms with E-state index in [2.05, 4.69) is 32.0 Å². The third kappa shape index (κ3) is 2.61. The zero-order chi connectivity index (χ0) is 18.4. The smallest absolute Gasteiger partial charge is 0.329 e. The van der Waals surface area contributed by atoms with E-state index in [1.807, 2.05) is 20.2 Å². The summed E-state index contributed by atoms with van der Waals surface area (Å²) >= 11 is 0. The summed E-state index contributed by atoms with van der Waals surface area (Å²) < 4.78 is 3.16. The number of aromatic amines is 1. The molecule has 4 rings (SSSR count). The van der Waals surface area contributed by atoms with Gasteiger partial charge >= 0.3 is 5.69 Å². The Kier molecular flexibility index (Phi) is 3.90. The highest BCUT2D eigenvalue weighted by atomic mass is 16.2. The molecular weight excluding hydrogens is 332 g/mol. The first-order valence-electron chi connectivity index (χ1n) is 8.79. The summed E-state index contributed by atoms with van der Waals surface area (Å²) in [6.07, 6.45) is 3.98. The van der Waals surface area contributed by atoms with Crippen LogP contribution < -0.4 is 16.1 Å². The first-order valence-corrected chi connectivity index (χ1v) is 8.79. The number of hydrogen-bond donors (Lipinski definition) is 1. The first-order chi connectivity index (χ1) is 12.5. The third-order valence-electron chi connectivity index (χ3n) is 5.29. The highest BCUT2D eigenvalue weighted by Gasteiger charge is 2.25. The minimum Gasteiger partial charge on any atom is -0.342 e. The third-order valence-corrected chi connectivity index (χ3v) is 5.29. The Morgan fingerprint density at radius 1 is 1.12 bits per heavy atom. The van der Waals surface area contributed by atoms with Crippen LogP contribution in [0.5, 0.6) is 0 Å². The second-order valence-electron chi connectivity index (χ2n) is 6.96. The molecule has 8 heteroatoms. The highest BCUT2D eigenvalue weighted by Crippen LogP contribution is 2.30. The van der Waals surface area contributed by atoms with Crippen LogP contribution in [0.3, 0.4) is 0 Å². The average molecular weight is 354 g/mol. The van der Waals surface area contributed by atoms with E-state index in [0.717, 1.165) is 37.6 Å². The number of pyridine rings is 1. The SMILES string of the molecule is Cc1ccc(C2CCN(c3nc4c(c(=O)[nH]c(=O)n4C)n3C)CC2)cn1. The van der Waals surface area contributed by atoms with Gasteiger partial charge in [0.2, 0.25) is 5.95 Å². The lowest BCUT2D eigenvalue weighted by molar-refractivity contribution is 0.495. The molecule has 0 radical (unpaired) electrons. The average Bonchev–Trinajstić information content (AvgIpc) is 2.99. The van der Waals surface area contributed by atoms with E-state index in [-0.39, 0.29) is 0 Å².